The largest absolute Gasteiger partial charge is 0.496 e. The molecule has 1 rings (SSSR count). The maximum Gasteiger partial charge on any atom is 0.186 e. The highest BCUT2D eigenvalue weighted by Crippen LogP contribution is 2.27. The smallest absolute Gasteiger partial charge is 0.186 e. The summed E-state index contributed by atoms with van der Waals surface area (Å²) in [6.07, 6.45) is 0. The molecule has 0 aliphatic rings. The first-order valence-electron chi connectivity index (χ1n) is 5.07. The van der Waals surface area contributed by atoms with E-state index in [-0.39, 0.29) is 29.9 Å². The lowest BCUT2D eigenvalue weighted by Gasteiger charge is -2.09. The van der Waals surface area contributed by atoms with E-state index in [4.69, 9.17) is 25.7 Å². The van der Waals surface area contributed by atoms with Crippen molar-refractivity contribution in [1.29, 1.82) is 0 Å². The molecule has 0 aliphatic carbocycles. The summed E-state index contributed by atoms with van der Waals surface area (Å²) in [6.45, 7) is 0.788. The van der Waals surface area contributed by atoms with Crippen LogP contribution in [0.5, 0.6) is 17.2 Å². The van der Waals surface area contributed by atoms with Crippen LogP contribution in [0.15, 0.2) is 23.2 Å². The Morgan fingerprint density at radius 2 is 1.56 bits per heavy atom. The molecule has 4 N–H and O–H groups in total. The maximum absolute atomic E-state index is 5.46. The highest BCUT2D eigenvalue weighted by Gasteiger charge is 2.02. The Hall–Kier alpha value is -1.38. The molecule has 0 saturated carbocycles. The number of ether oxygens (including phenoxy) is 3. The van der Waals surface area contributed by atoms with Gasteiger partial charge in [-0.2, -0.15) is 0 Å². The Morgan fingerprint density at radius 3 is 2.00 bits per heavy atom. The number of halogens is 1. The van der Waals surface area contributed by atoms with Crippen molar-refractivity contribution in [2.24, 2.45) is 16.5 Å². The highest BCUT2D eigenvalue weighted by molar-refractivity contribution is 14.0. The number of guanidine groups is 1. The molecule has 0 spiro atoms. The van der Waals surface area contributed by atoms with Crippen molar-refractivity contribution in [3.8, 4) is 17.2 Å². The molecular formula is C11H18IN3O3. The summed E-state index contributed by atoms with van der Waals surface area (Å²) < 4.78 is 15.7. The third-order valence-corrected chi connectivity index (χ3v) is 1.98. The minimum absolute atomic E-state index is 0. The first-order valence-corrected chi connectivity index (χ1v) is 5.07. The number of benzene rings is 1. The molecule has 0 aromatic heterocycles. The molecule has 0 fully saturated rings. The van der Waals surface area contributed by atoms with Crippen molar-refractivity contribution in [2.45, 2.75) is 0 Å². The third-order valence-electron chi connectivity index (χ3n) is 1.98. The maximum atomic E-state index is 5.46. The molecule has 0 aliphatic heterocycles. The quantitative estimate of drug-likeness (QED) is 0.338. The Labute approximate surface area is 123 Å². The highest BCUT2D eigenvalue weighted by atomic mass is 127. The van der Waals surface area contributed by atoms with E-state index in [0.29, 0.717) is 30.4 Å². The fourth-order valence-corrected chi connectivity index (χ4v) is 1.20. The minimum atomic E-state index is 0. The van der Waals surface area contributed by atoms with Crippen molar-refractivity contribution < 1.29 is 14.2 Å². The van der Waals surface area contributed by atoms with Gasteiger partial charge in [-0.05, 0) is 0 Å². The van der Waals surface area contributed by atoms with Gasteiger partial charge in [0, 0.05) is 18.2 Å². The van der Waals surface area contributed by atoms with Gasteiger partial charge in [-0.15, -0.1) is 24.0 Å². The summed E-state index contributed by atoms with van der Waals surface area (Å²) >= 11 is 0. The van der Waals surface area contributed by atoms with Gasteiger partial charge >= 0.3 is 0 Å². The zero-order valence-electron chi connectivity index (χ0n) is 10.4. The summed E-state index contributed by atoms with van der Waals surface area (Å²) in [4.78, 5) is 3.81. The normalized spacial score (nSPS) is 9.00. The number of nitrogens with two attached hydrogens (primary N) is 2. The van der Waals surface area contributed by atoms with E-state index in [1.165, 1.54) is 0 Å². The van der Waals surface area contributed by atoms with E-state index in [1.54, 1.807) is 32.4 Å². The van der Waals surface area contributed by atoms with Crippen molar-refractivity contribution in [2.75, 3.05) is 27.4 Å². The monoisotopic (exact) mass is 367 g/mol. The molecule has 1 aromatic carbocycles. The molecule has 6 nitrogen and oxygen atoms in total. The molecule has 18 heavy (non-hydrogen) atoms. The van der Waals surface area contributed by atoms with Crippen LogP contribution < -0.4 is 25.7 Å². The molecule has 0 amide bonds. The first-order chi connectivity index (χ1) is 8.15. The zero-order valence-corrected chi connectivity index (χ0v) is 12.7. The van der Waals surface area contributed by atoms with Crippen LogP contribution in [-0.4, -0.2) is 33.3 Å². The number of aliphatic imine (C=N–C) groups is 1. The van der Waals surface area contributed by atoms with E-state index >= 15 is 0 Å². The van der Waals surface area contributed by atoms with Crippen LogP contribution in [0, 0.1) is 0 Å². The lowest BCUT2D eigenvalue weighted by atomic mass is 10.3. The van der Waals surface area contributed by atoms with Crippen LogP contribution in [0.25, 0.3) is 0 Å². The molecule has 0 atom stereocenters. The second-order valence-corrected chi connectivity index (χ2v) is 3.20. The lowest BCUT2D eigenvalue weighted by molar-refractivity contribution is 0.321. The van der Waals surface area contributed by atoms with E-state index in [1.807, 2.05) is 0 Å². The topological polar surface area (TPSA) is 92.1 Å². The van der Waals surface area contributed by atoms with Crippen LogP contribution in [0.4, 0.5) is 0 Å². The van der Waals surface area contributed by atoms with Gasteiger partial charge < -0.3 is 25.7 Å². The van der Waals surface area contributed by atoms with Gasteiger partial charge in [0.05, 0.1) is 20.8 Å². The number of hydrogen-bond donors (Lipinski definition) is 2. The summed E-state index contributed by atoms with van der Waals surface area (Å²) in [6, 6.07) is 5.29. The third kappa shape index (κ3) is 5.80. The molecule has 0 heterocycles. The fourth-order valence-electron chi connectivity index (χ4n) is 1.20. The Balaban J connectivity index is 0.00000289. The fraction of sp³-hybridized carbons (Fsp3) is 0.364. The second-order valence-electron chi connectivity index (χ2n) is 3.20. The standard InChI is InChI=1S/C11H17N3O3.HI/c1-15-8-5-9(16-2)7-10(6-8)17-4-3-14-11(12)13;/h5-7H,3-4H2,1-2H3,(H4,12,13,14);1H. The first kappa shape index (κ1) is 16.6. The predicted octanol–water partition coefficient (Wildman–Crippen LogP) is 0.974. The molecule has 7 heteroatoms. The average Bonchev–Trinajstić information content (AvgIpc) is 2.34. The summed E-state index contributed by atoms with van der Waals surface area (Å²) in [5, 5.41) is 0. The predicted molar refractivity (Wildman–Crippen MR) is 81.1 cm³/mol. The van der Waals surface area contributed by atoms with Gasteiger partial charge in [0.2, 0.25) is 0 Å². The minimum Gasteiger partial charge on any atom is -0.496 e. The molecule has 102 valence electrons. The number of hydrogen-bond acceptors (Lipinski definition) is 4. The number of rotatable bonds is 6. The zero-order chi connectivity index (χ0) is 12.7. The van der Waals surface area contributed by atoms with Crippen molar-refractivity contribution in [3.63, 3.8) is 0 Å². The number of nitrogens with zero attached hydrogens (tertiary/aromatic N) is 1. The van der Waals surface area contributed by atoms with E-state index in [0.717, 1.165) is 0 Å². The second kappa shape index (κ2) is 8.67. The summed E-state index contributed by atoms with van der Waals surface area (Å²) in [5.41, 5.74) is 10.4. The molecule has 0 bridgehead atoms. The summed E-state index contributed by atoms with van der Waals surface area (Å²) in [5.74, 6) is 2.03. The van der Waals surface area contributed by atoms with E-state index in [9.17, 15) is 0 Å². The van der Waals surface area contributed by atoms with Crippen LogP contribution in [0.2, 0.25) is 0 Å². The van der Waals surface area contributed by atoms with E-state index < -0.39 is 0 Å². The van der Waals surface area contributed by atoms with Gasteiger partial charge in [0.15, 0.2) is 5.96 Å². The number of methoxy groups -OCH3 is 2. The summed E-state index contributed by atoms with van der Waals surface area (Å²) in [7, 11) is 3.16. The molecule has 0 radical (unpaired) electrons. The molecule has 0 saturated heterocycles. The lowest BCUT2D eigenvalue weighted by Crippen LogP contribution is -2.23. The van der Waals surface area contributed by atoms with Crippen molar-refractivity contribution in [1.82, 2.24) is 0 Å². The van der Waals surface area contributed by atoms with Gasteiger partial charge in [-0.25, -0.2) is 0 Å². The molecular weight excluding hydrogens is 349 g/mol. The van der Waals surface area contributed by atoms with Gasteiger partial charge in [0.1, 0.15) is 23.9 Å². The molecule has 0 unspecified atom stereocenters. The van der Waals surface area contributed by atoms with Crippen molar-refractivity contribution >= 4 is 29.9 Å². The van der Waals surface area contributed by atoms with Gasteiger partial charge in [-0.3, -0.25) is 4.99 Å². The average molecular weight is 367 g/mol. The van der Waals surface area contributed by atoms with Crippen LogP contribution >= 0.6 is 24.0 Å². The van der Waals surface area contributed by atoms with Crippen LogP contribution in [0.3, 0.4) is 0 Å². The van der Waals surface area contributed by atoms with Gasteiger partial charge in [0.25, 0.3) is 0 Å². The molecule has 1 aromatic rings. The van der Waals surface area contributed by atoms with Crippen molar-refractivity contribution in [3.05, 3.63) is 18.2 Å². The SMILES string of the molecule is COc1cc(OC)cc(OCCN=C(N)N)c1.I. The Bertz CT molecular complexity index is 373. The van der Waals surface area contributed by atoms with E-state index in [2.05, 4.69) is 4.99 Å². The Kier molecular flexibility index (Phi) is 8.01. The Morgan fingerprint density at radius 1 is 1.06 bits per heavy atom. The van der Waals surface area contributed by atoms with Crippen LogP contribution in [-0.2, 0) is 0 Å². The van der Waals surface area contributed by atoms with Crippen LogP contribution in [0.1, 0.15) is 0 Å². The van der Waals surface area contributed by atoms with Gasteiger partial charge in [-0.1, -0.05) is 0 Å².